The molecule has 1 rings (SSSR count). The van der Waals surface area contributed by atoms with E-state index in [4.69, 9.17) is 9.84 Å². The zero-order chi connectivity index (χ0) is 17.5. The van der Waals surface area contributed by atoms with Crippen LogP contribution in [0.25, 0.3) is 0 Å². The number of esters is 1. The molecule has 0 aliphatic heterocycles. The first-order chi connectivity index (χ1) is 10.7. The van der Waals surface area contributed by atoms with Crippen molar-refractivity contribution in [2.75, 3.05) is 0 Å². The molecule has 6 heteroatoms. The van der Waals surface area contributed by atoms with Gasteiger partial charge in [-0.1, -0.05) is 51.1 Å². The number of nitrogens with one attached hydrogen (secondary N) is 1. The fraction of sp³-hybridized carbons (Fsp3) is 0.471. The van der Waals surface area contributed by atoms with Gasteiger partial charge in [0, 0.05) is 11.8 Å². The van der Waals surface area contributed by atoms with E-state index in [0.717, 1.165) is 5.56 Å². The van der Waals surface area contributed by atoms with Crippen molar-refractivity contribution in [2.24, 2.45) is 5.41 Å². The second-order valence-corrected chi connectivity index (χ2v) is 6.30. The van der Waals surface area contributed by atoms with Crippen molar-refractivity contribution in [2.45, 2.75) is 46.3 Å². The highest BCUT2D eigenvalue weighted by Gasteiger charge is 2.27. The standard InChI is InChI=1S/C17H23NO5/c1-17(2,3)16(22)18-13(15(20)21)9-10-14(19)23-11-12-7-5-4-6-8-12/h4-8,13H,9-11H2,1-3H3,(H,18,22)(H,20,21)/t13-/m0/s1. The van der Waals surface area contributed by atoms with E-state index in [2.05, 4.69) is 5.32 Å². The Balaban J connectivity index is 2.44. The minimum atomic E-state index is -1.17. The molecule has 2 N–H and O–H groups in total. The molecule has 0 saturated carbocycles. The first-order valence-corrected chi connectivity index (χ1v) is 7.43. The van der Waals surface area contributed by atoms with Crippen LogP contribution in [-0.4, -0.2) is 29.0 Å². The molecule has 0 fully saturated rings. The SMILES string of the molecule is CC(C)(C)C(=O)N[C@@H](CCC(=O)OCc1ccccc1)C(=O)O. The van der Waals surface area contributed by atoms with Crippen molar-refractivity contribution in [1.82, 2.24) is 5.32 Å². The molecule has 0 aliphatic carbocycles. The van der Waals surface area contributed by atoms with Crippen molar-refractivity contribution in [1.29, 1.82) is 0 Å². The first-order valence-electron chi connectivity index (χ1n) is 7.43. The number of carboxylic acid groups (broad SMARTS) is 1. The van der Waals surface area contributed by atoms with Crippen molar-refractivity contribution in [3.05, 3.63) is 35.9 Å². The molecule has 0 unspecified atom stereocenters. The van der Waals surface area contributed by atoms with Gasteiger partial charge in [0.15, 0.2) is 0 Å². The number of carboxylic acids is 1. The summed E-state index contributed by atoms with van der Waals surface area (Å²) in [7, 11) is 0. The average molecular weight is 321 g/mol. The molecule has 0 aliphatic rings. The van der Waals surface area contributed by atoms with Crippen LogP contribution < -0.4 is 5.32 Å². The second kappa shape index (κ2) is 8.31. The van der Waals surface area contributed by atoms with E-state index in [-0.39, 0.29) is 25.4 Å². The number of aliphatic carboxylic acids is 1. The van der Waals surface area contributed by atoms with Gasteiger partial charge in [0.25, 0.3) is 0 Å². The summed E-state index contributed by atoms with van der Waals surface area (Å²) in [5.41, 5.74) is 0.165. The summed E-state index contributed by atoms with van der Waals surface area (Å²) < 4.78 is 5.09. The summed E-state index contributed by atoms with van der Waals surface area (Å²) >= 11 is 0. The summed E-state index contributed by atoms with van der Waals surface area (Å²) in [5, 5.41) is 11.6. The summed E-state index contributed by atoms with van der Waals surface area (Å²) in [6.07, 6.45) is -0.0843. The maximum absolute atomic E-state index is 11.8. The summed E-state index contributed by atoms with van der Waals surface area (Å²) in [5.74, 6) is -2.04. The molecule has 6 nitrogen and oxygen atoms in total. The minimum absolute atomic E-state index is 0.00915. The molecule has 23 heavy (non-hydrogen) atoms. The van der Waals surface area contributed by atoms with Crippen LogP contribution in [0.15, 0.2) is 30.3 Å². The third-order valence-electron chi connectivity index (χ3n) is 3.16. The predicted molar refractivity (Wildman–Crippen MR) is 84.5 cm³/mol. The van der Waals surface area contributed by atoms with Gasteiger partial charge in [0.05, 0.1) is 0 Å². The summed E-state index contributed by atoms with van der Waals surface area (Å²) in [6, 6.07) is 8.09. The van der Waals surface area contributed by atoms with E-state index < -0.39 is 23.4 Å². The lowest BCUT2D eigenvalue weighted by Gasteiger charge is -2.21. The molecule has 0 saturated heterocycles. The van der Waals surface area contributed by atoms with E-state index in [9.17, 15) is 14.4 Å². The number of rotatable bonds is 7. The van der Waals surface area contributed by atoms with Crippen molar-refractivity contribution < 1.29 is 24.2 Å². The second-order valence-electron chi connectivity index (χ2n) is 6.30. The van der Waals surface area contributed by atoms with Gasteiger partial charge in [0.2, 0.25) is 5.91 Å². The molecule has 1 aromatic rings. The van der Waals surface area contributed by atoms with Crippen LogP contribution in [-0.2, 0) is 25.7 Å². The molecule has 0 radical (unpaired) electrons. The third-order valence-corrected chi connectivity index (χ3v) is 3.16. The maximum atomic E-state index is 11.8. The highest BCUT2D eigenvalue weighted by molar-refractivity contribution is 5.86. The lowest BCUT2D eigenvalue weighted by Crippen LogP contribution is -2.45. The van der Waals surface area contributed by atoms with Crippen molar-refractivity contribution >= 4 is 17.8 Å². The fourth-order valence-electron chi connectivity index (χ4n) is 1.70. The number of hydrogen-bond acceptors (Lipinski definition) is 4. The molecule has 0 aromatic heterocycles. The third kappa shape index (κ3) is 6.95. The number of amides is 1. The molecular weight excluding hydrogens is 298 g/mol. The van der Waals surface area contributed by atoms with E-state index >= 15 is 0 Å². The van der Waals surface area contributed by atoms with Gasteiger partial charge in [-0.15, -0.1) is 0 Å². The molecule has 126 valence electrons. The van der Waals surface area contributed by atoms with Crippen LogP contribution in [0.2, 0.25) is 0 Å². The monoisotopic (exact) mass is 321 g/mol. The van der Waals surface area contributed by atoms with Gasteiger partial charge < -0.3 is 15.2 Å². The number of carbonyl (C=O) groups is 3. The topological polar surface area (TPSA) is 92.7 Å². The van der Waals surface area contributed by atoms with Crippen LogP contribution in [0.3, 0.4) is 0 Å². The highest BCUT2D eigenvalue weighted by atomic mass is 16.5. The fourth-order valence-corrected chi connectivity index (χ4v) is 1.70. The van der Waals surface area contributed by atoms with Crippen molar-refractivity contribution in [3.8, 4) is 0 Å². The van der Waals surface area contributed by atoms with E-state index in [1.165, 1.54) is 0 Å². The Bertz CT molecular complexity index is 548. The Hall–Kier alpha value is -2.37. The molecule has 1 amide bonds. The van der Waals surface area contributed by atoms with Crippen LogP contribution >= 0.6 is 0 Å². The Labute approximate surface area is 135 Å². The van der Waals surface area contributed by atoms with Gasteiger partial charge in [0.1, 0.15) is 12.6 Å². The van der Waals surface area contributed by atoms with Gasteiger partial charge in [-0.25, -0.2) is 4.79 Å². The Morgan fingerprint density at radius 1 is 1.17 bits per heavy atom. The zero-order valence-electron chi connectivity index (χ0n) is 13.7. The zero-order valence-corrected chi connectivity index (χ0v) is 13.7. The van der Waals surface area contributed by atoms with Gasteiger partial charge >= 0.3 is 11.9 Å². The number of hydrogen-bond donors (Lipinski definition) is 2. The van der Waals surface area contributed by atoms with Crippen LogP contribution in [0.5, 0.6) is 0 Å². The van der Waals surface area contributed by atoms with Crippen LogP contribution in [0.4, 0.5) is 0 Å². The number of benzene rings is 1. The highest BCUT2D eigenvalue weighted by Crippen LogP contribution is 2.14. The number of carbonyl (C=O) groups excluding carboxylic acids is 2. The van der Waals surface area contributed by atoms with Crippen LogP contribution in [0.1, 0.15) is 39.2 Å². The molecule has 0 heterocycles. The Morgan fingerprint density at radius 3 is 2.30 bits per heavy atom. The van der Waals surface area contributed by atoms with Crippen LogP contribution in [0, 0.1) is 5.41 Å². The summed E-state index contributed by atoms with van der Waals surface area (Å²) in [4.78, 5) is 34.7. The van der Waals surface area contributed by atoms with E-state index in [1.54, 1.807) is 20.8 Å². The van der Waals surface area contributed by atoms with Gasteiger partial charge in [-0.05, 0) is 12.0 Å². The first kappa shape index (κ1) is 18.7. The molecular formula is C17H23NO5. The Kier molecular flexibility index (Phi) is 6.75. The number of ether oxygens (including phenoxy) is 1. The molecule has 0 bridgehead atoms. The quantitative estimate of drug-likeness (QED) is 0.750. The summed E-state index contributed by atoms with van der Waals surface area (Å²) in [6.45, 7) is 5.21. The lowest BCUT2D eigenvalue weighted by atomic mass is 9.95. The van der Waals surface area contributed by atoms with Gasteiger partial charge in [-0.3, -0.25) is 9.59 Å². The Morgan fingerprint density at radius 2 is 1.78 bits per heavy atom. The smallest absolute Gasteiger partial charge is 0.326 e. The van der Waals surface area contributed by atoms with E-state index in [0.29, 0.717) is 0 Å². The lowest BCUT2D eigenvalue weighted by molar-refractivity contribution is -0.147. The minimum Gasteiger partial charge on any atom is -0.480 e. The molecule has 1 atom stereocenters. The molecule has 0 spiro atoms. The maximum Gasteiger partial charge on any atom is 0.326 e. The average Bonchev–Trinajstić information content (AvgIpc) is 2.48. The predicted octanol–water partition coefficient (Wildman–Crippen LogP) is 2.13. The van der Waals surface area contributed by atoms with Gasteiger partial charge in [-0.2, -0.15) is 0 Å². The van der Waals surface area contributed by atoms with Crippen molar-refractivity contribution in [3.63, 3.8) is 0 Å². The molecule has 1 aromatic carbocycles. The largest absolute Gasteiger partial charge is 0.480 e. The normalized spacial score (nSPS) is 12.3. The van der Waals surface area contributed by atoms with E-state index in [1.807, 2.05) is 30.3 Å².